The molecule has 1 rings (SSSR count). The van der Waals surface area contributed by atoms with Gasteiger partial charge in [-0.15, -0.1) is 0 Å². The van der Waals surface area contributed by atoms with Gasteiger partial charge in [0.15, 0.2) is 0 Å². The van der Waals surface area contributed by atoms with E-state index in [-0.39, 0.29) is 6.04 Å². The minimum atomic E-state index is 0.276. The molecule has 1 aromatic carbocycles. The second-order valence-electron chi connectivity index (χ2n) is 4.81. The molecule has 0 aliphatic carbocycles. The molecule has 0 aliphatic heterocycles. The van der Waals surface area contributed by atoms with Gasteiger partial charge >= 0.3 is 0 Å². The fourth-order valence-electron chi connectivity index (χ4n) is 2.04. The number of nitrogens with one attached hydrogen (secondary N) is 2. The largest absolute Gasteiger partial charge is 0.496 e. The Balaban J connectivity index is 3.04. The van der Waals surface area contributed by atoms with Crippen LogP contribution in [0.1, 0.15) is 43.9 Å². The molecule has 0 amide bonds. The van der Waals surface area contributed by atoms with Crippen LogP contribution in [-0.4, -0.2) is 27.2 Å². The van der Waals surface area contributed by atoms with Gasteiger partial charge in [0.1, 0.15) is 5.75 Å². The summed E-state index contributed by atoms with van der Waals surface area (Å²) < 4.78 is 5.48. The normalized spacial score (nSPS) is 12.8. The van der Waals surface area contributed by atoms with Gasteiger partial charge in [0, 0.05) is 18.2 Å². The van der Waals surface area contributed by atoms with Gasteiger partial charge in [-0.3, -0.25) is 0 Å². The van der Waals surface area contributed by atoms with E-state index in [1.165, 1.54) is 11.1 Å². The summed E-state index contributed by atoms with van der Waals surface area (Å²) in [5.41, 5.74) is 2.58. The third kappa shape index (κ3) is 3.72. The number of rotatable bonds is 7. The lowest BCUT2D eigenvalue weighted by molar-refractivity contribution is 0.399. The first-order valence-corrected chi connectivity index (χ1v) is 6.69. The van der Waals surface area contributed by atoms with Gasteiger partial charge in [-0.1, -0.05) is 32.9 Å². The lowest BCUT2D eigenvalue weighted by Crippen LogP contribution is -2.29. The van der Waals surface area contributed by atoms with E-state index in [4.69, 9.17) is 4.74 Å². The van der Waals surface area contributed by atoms with Crippen molar-refractivity contribution in [1.29, 1.82) is 0 Å². The summed E-state index contributed by atoms with van der Waals surface area (Å²) in [6, 6.07) is 6.74. The molecule has 18 heavy (non-hydrogen) atoms. The molecular weight excluding hydrogens is 224 g/mol. The van der Waals surface area contributed by atoms with Crippen LogP contribution in [0.2, 0.25) is 0 Å². The molecule has 102 valence electrons. The predicted molar refractivity (Wildman–Crippen MR) is 77.4 cm³/mol. The topological polar surface area (TPSA) is 33.3 Å². The van der Waals surface area contributed by atoms with Gasteiger partial charge in [0.25, 0.3) is 0 Å². The molecule has 0 fully saturated rings. The number of benzene rings is 1. The molecule has 0 radical (unpaired) electrons. The van der Waals surface area contributed by atoms with Crippen LogP contribution in [0.25, 0.3) is 0 Å². The van der Waals surface area contributed by atoms with E-state index in [9.17, 15) is 0 Å². The van der Waals surface area contributed by atoms with Crippen molar-refractivity contribution in [3.8, 4) is 5.75 Å². The van der Waals surface area contributed by atoms with Crippen LogP contribution in [-0.2, 0) is 0 Å². The van der Waals surface area contributed by atoms with Crippen LogP contribution in [0.4, 0.5) is 0 Å². The standard InChI is InChI=1S/C15H26N2O/c1-6-17-10-14(16-4)13-9-12(11(2)3)7-8-15(13)18-5/h7-9,11,14,16-17H,6,10H2,1-5H3. The van der Waals surface area contributed by atoms with Gasteiger partial charge in [0.2, 0.25) is 0 Å². The van der Waals surface area contributed by atoms with Crippen molar-refractivity contribution in [2.45, 2.75) is 32.7 Å². The zero-order valence-corrected chi connectivity index (χ0v) is 12.2. The SMILES string of the molecule is CCNCC(NC)c1cc(C(C)C)ccc1OC. The second kappa shape index (κ2) is 7.39. The Kier molecular flexibility index (Phi) is 6.16. The van der Waals surface area contributed by atoms with Gasteiger partial charge in [-0.05, 0) is 31.1 Å². The Bertz CT molecular complexity index is 364. The van der Waals surface area contributed by atoms with Crippen LogP contribution in [0.5, 0.6) is 5.75 Å². The fourth-order valence-corrected chi connectivity index (χ4v) is 2.04. The fraction of sp³-hybridized carbons (Fsp3) is 0.600. The summed E-state index contributed by atoms with van der Waals surface area (Å²) in [6.45, 7) is 8.43. The number of hydrogen-bond acceptors (Lipinski definition) is 3. The summed E-state index contributed by atoms with van der Waals surface area (Å²) >= 11 is 0. The van der Waals surface area contributed by atoms with Crippen molar-refractivity contribution in [2.24, 2.45) is 0 Å². The highest BCUT2D eigenvalue weighted by atomic mass is 16.5. The average molecular weight is 250 g/mol. The summed E-state index contributed by atoms with van der Waals surface area (Å²) in [5, 5.41) is 6.73. The monoisotopic (exact) mass is 250 g/mol. The molecule has 1 aromatic rings. The molecule has 3 heteroatoms. The summed E-state index contributed by atoms with van der Waals surface area (Å²) in [7, 11) is 3.72. The van der Waals surface area contributed by atoms with Gasteiger partial charge in [-0.25, -0.2) is 0 Å². The van der Waals surface area contributed by atoms with Crippen molar-refractivity contribution in [1.82, 2.24) is 10.6 Å². The van der Waals surface area contributed by atoms with E-state index in [0.29, 0.717) is 5.92 Å². The minimum Gasteiger partial charge on any atom is -0.496 e. The zero-order chi connectivity index (χ0) is 13.5. The van der Waals surface area contributed by atoms with Crippen molar-refractivity contribution < 1.29 is 4.74 Å². The average Bonchev–Trinajstić information content (AvgIpc) is 2.39. The Hall–Kier alpha value is -1.06. The smallest absolute Gasteiger partial charge is 0.123 e. The van der Waals surface area contributed by atoms with E-state index in [1.807, 2.05) is 7.05 Å². The number of likely N-dealkylation sites (N-methyl/N-ethyl adjacent to an activating group) is 2. The van der Waals surface area contributed by atoms with Crippen molar-refractivity contribution >= 4 is 0 Å². The summed E-state index contributed by atoms with van der Waals surface area (Å²) in [5.74, 6) is 1.49. The molecule has 0 saturated heterocycles. The van der Waals surface area contributed by atoms with E-state index < -0.39 is 0 Å². The molecule has 0 bridgehead atoms. The molecule has 0 heterocycles. The highest BCUT2D eigenvalue weighted by Gasteiger charge is 2.15. The highest BCUT2D eigenvalue weighted by Crippen LogP contribution is 2.28. The highest BCUT2D eigenvalue weighted by molar-refractivity contribution is 5.40. The summed E-state index contributed by atoms with van der Waals surface area (Å²) in [4.78, 5) is 0. The quantitative estimate of drug-likeness (QED) is 0.780. The van der Waals surface area contributed by atoms with Crippen LogP contribution < -0.4 is 15.4 Å². The number of methoxy groups -OCH3 is 1. The van der Waals surface area contributed by atoms with E-state index in [2.05, 4.69) is 49.6 Å². The molecule has 3 nitrogen and oxygen atoms in total. The lowest BCUT2D eigenvalue weighted by atomic mass is 9.96. The van der Waals surface area contributed by atoms with Crippen LogP contribution in [0.3, 0.4) is 0 Å². The first-order valence-electron chi connectivity index (χ1n) is 6.69. The van der Waals surface area contributed by atoms with Gasteiger partial charge in [-0.2, -0.15) is 0 Å². The lowest BCUT2D eigenvalue weighted by Gasteiger charge is -2.21. The van der Waals surface area contributed by atoms with Crippen molar-refractivity contribution in [3.05, 3.63) is 29.3 Å². The van der Waals surface area contributed by atoms with Gasteiger partial charge < -0.3 is 15.4 Å². The first-order chi connectivity index (χ1) is 8.63. The molecule has 0 aliphatic rings. The molecular formula is C15H26N2O. The van der Waals surface area contributed by atoms with Crippen LogP contribution >= 0.6 is 0 Å². The van der Waals surface area contributed by atoms with E-state index in [1.54, 1.807) is 7.11 Å². The molecule has 0 spiro atoms. The maximum absolute atomic E-state index is 5.48. The number of ether oxygens (including phenoxy) is 1. The van der Waals surface area contributed by atoms with Crippen LogP contribution in [0, 0.1) is 0 Å². The van der Waals surface area contributed by atoms with Crippen LogP contribution in [0.15, 0.2) is 18.2 Å². The molecule has 1 atom stereocenters. The van der Waals surface area contributed by atoms with E-state index in [0.717, 1.165) is 18.8 Å². The Labute approximate surface area is 111 Å². The molecule has 2 N–H and O–H groups in total. The molecule has 0 aromatic heterocycles. The number of hydrogen-bond donors (Lipinski definition) is 2. The Morgan fingerprint density at radius 3 is 2.50 bits per heavy atom. The van der Waals surface area contributed by atoms with Crippen molar-refractivity contribution in [3.63, 3.8) is 0 Å². The first kappa shape index (κ1) is 15.0. The third-order valence-electron chi connectivity index (χ3n) is 3.24. The minimum absolute atomic E-state index is 0.276. The second-order valence-corrected chi connectivity index (χ2v) is 4.81. The molecule has 0 saturated carbocycles. The maximum atomic E-state index is 5.48. The zero-order valence-electron chi connectivity index (χ0n) is 12.2. The van der Waals surface area contributed by atoms with Crippen molar-refractivity contribution in [2.75, 3.05) is 27.2 Å². The Morgan fingerprint density at radius 1 is 1.28 bits per heavy atom. The predicted octanol–water partition coefficient (Wildman–Crippen LogP) is 2.69. The van der Waals surface area contributed by atoms with Gasteiger partial charge in [0.05, 0.1) is 7.11 Å². The van der Waals surface area contributed by atoms with E-state index >= 15 is 0 Å². The summed E-state index contributed by atoms with van der Waals surface area (Å²) in [6.07, 6.45) is 0. The maximum Gasteiger partial charge on any atom is 0.123 e. The molecule has 1 unspecified atom stereocenters. The third-order valence-corrected chi connectivity index (χ3v) is 3.24. The Morgan fingerprint density at radius 2 is 2.00 bits per heavy atom.